The Balaban J connectivity index is 2.21. The van der Waals surface area contributed by atoms with Gasteiger partial charge in [-0.3, -0.25) is 4.79 Å². The van der Waals surface area contributed by atoms with Gasteiger partial charge in [-0.1, -0.05) is 17.7 Å². The van der Waals surface area contributed by atoms with Gasteiger partial charge in [-0.05, 0) is 38.5 Å². The van der Waals surface area contributed by atoms with Crippen LogP contribution in [0, 0.1) is 0 Å². The molecular formula is C15H22ClN3O. The highest BCUT2D eigenvalue weighted by atomic mass is 35.5. The van der Waals surface area contributed by atoms with E-state index >= 15 is 0 Å². The Labute approximate surface area is 125 Å². The molecular weight excluding hydrogens is 274 g/mol. The van der Waals surface area contributed by atoms with Crippen molar-refractivity contribution >= 4 is 23.2 Å². The number of carbonyl (C=O) groups excluding carboxylic acids is 1. The zero-order chi connectivity index (χ0) is 14.8. The van der Waals surface area contributed by atoms with Gasteiger partial charge in [0.05, 0.1) is 6.54 Å². The molecule has 2 N–H and O–H groups in total. The number of halogens is 1. The number of nitrogens with zero attached hydrogens (tertiary/aromatic N) is 1. The van der Waals surface area contributed by atoms with E-state index in [9.17, 15) is 4.79 Å². The van der Waals surface area contributed by atoms with E-state index in [1.165, 1.54) is 5.56 Å². The standard InChI is InChI=1S/C15H22ClN3O/c1-15(2,3)18-9-11-4-5-12(16)8-13(11)19-7-6-17-14(20)10-19/h4-5,8,18H,6-7,9-10H2,1-3H3,(H,17,20). The summed E-state index contributed by atoms with van der Waals surface area (Å²) >= 11 is 6.11. The van der Waals surface area contributed by atoms with Gasteiger partial charge in [0, 0.05) is 35.9 Å². The van der Waals surface area contributed by atoms with Crippen LogP contribution in [0.5, 0.6) is 0 Å². The molecule has 0 radical (unpaired) electrons. The minimum absolute atomic E-state index is 0.0518. The first-order valence-electron chi connectivity index (χ1n) is 6.90. The number of rotatable bonds is 3. The van der Waals surface area contributed by atoms with Crippen LogP contribution in [0.4, 0.5) is 5.69 Å². The third-order valence-corrected chi connectivity index (χ3v) is 3.47. The molecule has 1 aliphatic heterocycles. The average Bonchev–Trinajstić information content (AvgIpc) is 2.36. The zero-order valence-corrected chi connectivity index (χ0v) is 13.0. The Morgan fingerprint density at radius 1 is 1.40 bits per heavy atom. The van der Waals surface area contributed by atoms with Crippen molar-refractivity contribution in [2.24, 2.45) is 0 Å². The molecule has 0 atom stereocenters. The van der Waals surface area contributed by atoms with Crippen LogP contribution in [0.3, 0.4) is 0 Å². The molecule has 5 heteroatoms. The predicted molar refractivity (Wildman–Crippen MR) is 83.3 cm³/mol. The van der Waals surface area contributed by atoms with E-state index in [-0.39, 0.29) is 11.4 Å². The number of amides is 1. The summed E-state index contributed by atoms with van der Waals surface area (Å²) in [6, 6.07) is 5.87. The molecule has 1 aromatic rings. The Bertz CT molecular complexity index is 496. The molecule has 0 bridgehead atoms. The minimum atomic E-state index is 0.0518. The first-order chi connectivity index (χ1) is 9.35. The summed E-state index contributed by atoms with van der Waals surface area (Å²) in [6.45, 7) is 9.05. The van der Waals surface area contributed by atoms with E-state index in [1.54, 1.807) is 0 Å². The van der Waals surface area contributed by atoms with Crippen molar-refractivity contribution in [2.45, 2.75) is 32.9 Å². The summed E-state index contributed by atoms with van der Waals surface area (Å²) in [5, 5.41) is 7.02. The lowest BCUT2D eigenvalue weighted by molar-refractivity contribution is -0.120. The second-order valence-corrected chi connectivity index (χ2v) is 6.58. The molecule has 0 aliphatic carbocycles. The lowest BCUT2D eigenvalue weighted by Crippen LogP contribution is -2.48. The smallest absolute Gasteiger partial charge is 0.239 e. The molecule has 1 fully saturated rings. The van der Waals surface area contributed by atoms with Gasteiger partial charge in [-0.25, -0.2) is 0 Å². The van der Waals surface area contributed by atoms with Crippen LogP contribution in [0.1, 0.15) is 26.3 Å². The van der Waals surface area contributed by atoms with E-state index in [2.05, 4.69) is 36.3 Å². The van der Waals surface area contributed by atoms with Crippen molar-refractivity contribution in [3.63, 3.8) is 0 Å². The maximum atomic E-state index is 11.6. The number of piperazine rings is 1. The average molecular weight is 296 g/mol. The van der Waals surface area contributed by atoms with Crippen molar-refractivity contribution in [3.05, 3.63) is 28.8 Å². The van der Waals surface area contributed by atoms with E-state index in [1.807, 2.05) is 18.2 Å². The van der Waals surface area contributed by atoms with Gasteiger partial charge in [0.15, 0.2) is 0 Å². The molecule has 0 saturated carbocycles. The Hall–Kier alpha value is -1.26. The van der Waals surface area contributed by atoms with Gasteiger partial charge in [0.25, 0.3) is 0 Å². The van der Waals surface area contributed by atoms with Gasteiger partial charge in [0.1, 0.15) is 0 Å². The number of carbonyl (C=O) groups is 1. The Kier molecular flexibility index (Phi) is 4.55. The molecule has 1 amide bonds. The predicted octanol–water partition coefficient (Wildman–Crippen LogP) is 2.16. The highest BCUT2D eigenvalue weighted by Crippen LogP contribution is 2.26. The summed E-state index contributed by atoms with van der Waals surface area (Å²) in [4.78, 5) is 13.6. The summed E-state index contributed by atoms with van der Waals surface area (Å²) in [6.07, 6.45) is 0. The van der Waals surface area contributed by atoms with E-state index in [4.69, 9.17) is 11.6 Å². The molecule has 20 heavy (non-hydrogen) atoms. The zero-order valence-electron chi connectivity index (χ0n) is 12.3. The number of benzene rings is 1. The summed E-state index contributed by atoms with van der Waals surface area (Å²) in [5.74, 6) is 0.0611. The molecule has 0 spiro atoms. The second kappa shape index (κ2) is 6.02. The van der Waals surface area contributed by atoms with Crippen molar-refractivity contribution in [2.75, 3.05) is 24.5 Å². The normalized spacial score (nSPS) is 16.2. The third-order valence-electron chi connectivity index (χ3n) is 3.24. The van der Waals surface area contributed by atoms with Crippen LogP contribution in [0.25, 0.3) is 0 Å². The molecule has 110 valence electrons. The van der Waals surface area contributed by atoms with Crippen LogP contribution in [0.15, 0.2) is 18.2 Å². The molecule has 0 unspecified atom stereocenters. The molecule has 1 saturated heterocycles. The monoisotopic (exact) mass is 295 g/mol. The van der Waals surface area contributed by atoms with Crippen LogP contribution >= 0.6 is 11.6 Å². The molecule has 0 aromatic heterocycles. The number of anilines is 1. The van der Waals surface area contributed by atoms with Crippen LogP contribution in [-0.4, -0.2) is 31.1 Å². The van der Waals surface area contributed by atoms with Crippen LogP contribution in [0.2, 0.25) is 5.02 Å². The lowest BCUT2D eigenvalue weighted by atomic mass is 10.1. The molecule has 2 rings (SSSR count). The van der Waals surface area contributed by atoms with Gasteiger partial charge in [0.2, 0.25) is 5.91 Å². The van der Waals surface area contributed by atoms with Gasteiger partial charge < -0.3 is 15.5 Å². The fourth-order valence-electron chi connectivity index (χ4n) is 2.19. The lowest BCUT2D eigenvalue weighted by Gasteiger charge is -2.31. The summed E-state index contributed by atoms with van der Waals surface area (Å²) in [5.41, 5.74) is 2.26. The maximum absolute atomic E-state index is 11.6. The van der Waals surface area contributed by atoms with E-state index < -0.39 is 0 Å². The number of hydrogen-bond donors (Lipinski definition) is 2. The minimum Gasteiger partial charge on any atom is -0.360 e. The van der Waals surface area contributed by atoms with Crippen molar-refractivity contribution in [1.82, 2.24) is 10.6 Å². The quantitative estimate of drug-likeness (QED) is 0.898. The van der Waals surface area contributed by atoms with Crippen molar-refractivity contribution < 1.29 is 4.79 Å². The Morgan fingerprint density at radius 3 is 2.80 bits per heavy atom. The van der Waals surface area contributed by atoms with Crippen LogP contribution in [-0.2, 0) is 11.3 Å². The fourth-order valence-corrected chi connectivity index (χ4v) is 2.35. The third kappa shape index (κ3) is 4.12. The number of nitrogens with one attached hydrogen (secondary N) is 2. The van der Waals surface area contributed by atoms with Gasteiger partial charge in [-0.2, -0.15) is 0 Å². The SMILES string of the molecule is CC(C)(C)NCc1ccc(Cl)cc1N1CCNC(=O)C1. The second-order valence-electron chi connectivity index (χ2n) is 6.15. The molecule has 1 aliphatic rings. The van der Waals surface area contributed by atoms with Gasteiger partial charge >= 0.3 is 0 Å². The molecule has 1 aromatic carbocycles. The highest BCUT2D eigenvalue weighted by Gasteiger charge is 2.20. The van der Waals surface area contributed by atoms with Gasteiger partial charge in [-0.15, -0.1) is 0 Å². The first-order valence-corrected chi connectivity index (χ1v) is 7.28. The first kappa shape index (κ1) is 15.1. The van der Waals surface area contributed by atoms with Crippen molar-refractivity contribution in [3.8, 4) is 0 Å². The largest absolute Gasteiger partial charge is 0.360 e. The number of hydrogen-bond acceptors (Lipinski definition) is 3. The van der Waals surface area contributed by atoms with E-state index in [0.717, 1.165) is 18.8 Å². The molecule has 1 heterocycles. The Morgan fingerprint density at radius 2 is 2.15 bits per heavy atom. The van der Waals surface area contributed by atoms with E-state index in [0.29, 0.717) is 18.1 Å². The van der Waals surface area contributed by atoms with Crippen molar-refractivity contribution in [1.29, 1.82) is 0 Å². The molecule has 4 nitrogen and oxygen atoms in total. The summed E-state index contributed by atoms with van der Waals surface area (Å²) in [7, 11) is 0. The fraction of sp³-hybridized carbons (Fsp3) is 0.533. The van der Waals surface area contributed by atoms with Crippen LogP contribution < -0.4 is 15.5 Å². The topological polar surface area (TPSA) is 44.4 Å². The summed E-state index contributed by atoms with van der Waals surface area (Å²) < 4.78 is 0. The highest BCUT2D eigenvalue weighted by molar-refractivity contribution is 6.30. The maximum Gasteiger partial charge on any atom is 0.239 e.